The standard InChI is InChI=1S/C12H15FN4OS.C8H8O2/c1-15-10(11(14)18)12(16-2)19-7-17-9-5-3-8(13)4-6-9;1-10-8-4-2-7(6-9)3-5-8/h3-6,16-17H,1,7H2,2H3,(H2,14,18);2-6H,1H3/b12-10-;. The van der Waals surface area contributed by atoms with E-state index in [1.807, 2.05) is 0 Å². The van der Waals surface area contributed by atoms with Crippen molar-refractivity contribution >= 4 is 36.4 Å². The van der Waals surface area contributed by atoms with E-state index in [1.54, 1.807) is 50.6 Å². The molecule has 2 aromatic carbocycles. The third-order valence-corrected chi connectivity index (χ3v) is 4.40. The highest BCUT2D eigenvalue weighted by Gasteiger charge is 2.10. The molecular weight excluding hydrogens is 395 g/mol. The first-order valence-corrected chi connectivity index (χ1v) is 9.33. The van der Waals surface area contributed by atoms with Gasteiger partial charge < -0.3 is 21.1 Å². The molecule has 29 heavy (non-hydrogen) atoms. The van der Waals surface area contributed by atoms with Gasteiger partial charge in [0.2, 0.25) is 0 Å². The molecule has 0 saturated heterocycles. The maximum Gasteiger partial charge on any atom is 0.269 e. The number of aliphatic imine (C=N–C) groups is 1. The highest BCUT2D eigenvalue weighted by Crippen LogP contribution is 2.18. The van der Waals surface area contributed by atoms with Gasteiger partial charge in [0.05, 0.1) is 13.0 Å². The van der Waals surface area contributed by atoms with Crippen LogP contribution in [0.25, 0.3) is 0 Å². The third kappa shape index (κ3) is 8.48. The van der Waals surface area contributed by atoms with E-state index >= 15 is 0 Å². The highest BCUT2D eigenvalue weighted by atomic mass is 32.2. The van der Waals surface area contributed by atoms with Crippen LogP contribution < -0.4 is 21.1 Å². The van der Waals surface area contributed by atoms with Gasteiger partial charge in [0.25, 0.3) is 5.91 Å². The summed E-state index contributed by atoms with van der Waals surface area (Å²) in [7, 11) is 3.25. The number of primary amides is 1. The molecule has 0 heterocycles. The highest BCUT2D eigenvalue weighted by molar-refractivity contribution is 8.03. The molecule has 0 aliphatic heterocycles. The summed E-state index contributed by atoms with van der Waals surface area (Å²) in [6, 6.07) is 12.9. The predicted octanol–water partition coefficient (Wildman–Crippen LogP) is 3.01. The second-order valence-electron chi connectivity index (χ2n) is 5.31. The number of hydrogen-bond donors (Lipinski definition) is 3. The maximum atomic E-state index is 12.7. The fourth-order valence-electron chi connectivity index (χ4n) is 1.96. The van der Waals surface area contributed by atoms with Gasteiger partial charge in [-0.05, 0) is 55.2 Å². The molecule has 0 atom stereocenters. The minimum atomic E-state index is -0.645. The van der Waals surface area contributed by atoms with Crippen LogP contribution in [0, 0.1) is 5.82 Å². The van der Waals surface area contributed by atoms with Gasteiger partial charge in [-0.15, -0.1) is 0 Å². The number of nitrogens with one attached hydrogen (secondary N) is 2. The van der Waals surface area contributed by atoms with Crippen LogP contribution in [-0.2, 0) is 4.79 Å². The Morgan fingerprint density at radius 2 is 1.86 bits per heavy atom. The zero-order valence-electron chi connectivity index (χ0n) is 16.1. The van der Waals surface area contributed by atoms with Crippen LogP contribution in [0.5, 0.6) is 5.75 Å². The number of benzene rings is 2. The molecule has 154 valence electrons. The van der Waals surface area contributed by atoms with E-state index in [-0.39, 0.29) is 11.5 Å². The van der Waals surface area contributed by atoms with Crippen molar-refractivity contribution in [1.29, 1.82) is 0 Å². The topological polar surface area (TPSA) is 106 Å². The molecule has 0 aromatic heterocycles. The number of nitrogens with zero attached hydrogens (tertiary/aromatic N) is 1. The van der Waals surface area contributed by atoms with Gasteiger partial charge in [0.1, 0.15) is 22.9 Å². The smallest absolute Gasteiger partial charge is 0.269 e. The van der Waals surface area contributed by atoms with Gasteiger partial charge in [-0.3, -0.25) is 14.6 Å². The van der Waals surface area contributed by atoms with E-state index in [0.29, 0.717) is 16.5 Å². The Kier molecular flexibility index (Phi) is 10.6. The number of methoxy groups -OCH3 is 1. The lowest BCUT2D eigenvalue weighted by atomic mass is 10.2. The third-order valence-electron chi connectivity index (χ3n) is 3.42. The Hall–Kier alpha value is -3.33. The van der Waals surface area contributed by atoms with Crippen LogP contribution in [0.4, 0.5) is 10.1 Å². The largest absolute Gasteiger partial charge is 0.497 e. The molecule has 0 aliphatic carbocycles. The van der Waals surface area contributed by atoms with Gasteiger partial charge in [-0.2, -0.15) is 0 Å². The first kappa shape index (κ1) is 23.7. The van der Waals surface area contributed by atoms with Crippen molar-refractivity contribution in [3.8, 4) is 5.75 Å². The Balaban J connectivity index is 0.000000352. The number of carbonyl (C=O) groups is 2. The molecule has 0 saturated carbocycles. The normalized spacial score (nSPS) is 10.6. The second-order valence-corrected chi connectivity index (χ2v) is 6.30. The molecule has 0 unspecified atom stereocenters. The average molecular weight is 418 g/mol. The van der Waals surface area contributed by atoms with Crippen LogP contribution in [0.15, 0.2) is 64.2 Å². The molecule has 2 rings (SSSR count). The predicted molar refractivity (Wildman–Crippen MR) is 116 cm³/mol. The summed E-state index contributed by atoms with van der Waals surface area (Å²) in [6.07, 6.45) is 0.805. The number of thioether (sulfide) groups is 1. The van der Waals surface area contributed by atoms with Crippen molar-refractivity contribution in [3.63, 3.8) is 0 Å². The molecule has 0 spiro atoms. The van der Waals surface area contributed by atoms with Crippen molar-refractivity contribution in [1.82, 2.24) is 5.32 Å². The van der Waals surface area contributed by atoms with E-state index in [2.05, 4.69) is 22.3 Å². The number of halogens is 1. The SMILES string of the molecule is C=N/C(C(N)=O)=C(/NC)SCNc1ccc(F)cc1.COc1ccc(C=O)cc1. The first-order chi connectivity index (χ1) is 13.9. The van der Waals surface area contributed by atoms with Crippen molar-refractivity contribution < 1.29 is 18.7 Å². The van der Waals surface area contributed by atoms with Crippen molar-refractivity contribution in [2.45, 2.75) is 0 Å². The minimum Gasteiger partial charge on any atom is -0.497 e. The van der Waals surface area contributed by atoms with E-state index < -0.39 is 5.91 Å². The van der Waals surface area contributed by atoms with Crippen LogP contribution in [0.2, 0.25) is 0 Å². The van der Waals surface area contributed by atoms with Crippen molar-refractivity contribution in [2.75, 3.05) is 25.4 Å². The average Bonchev–Trinajstić information content (AvgIpc) is 2.74. The van der Waals surface area contributed by atoms with Crippen LogP contribution in [-0.4, -0.2) is 38.9 Å². The van der Waals surface area contributed by atoms with E-state index in [9.17, 15) is 14.0 Å². The number of anilines is 1. The van der Waals surface area contributed by atoms with Gasteiger partial charge in [-0.1, -0.05) is 11.8 Å². The Labute approximate surface area is 173 Å². The zero-order valence-corrected chi connectivity index (χ0v) is 17.0. The Morgan fingerprint density at radius 3 is 2.31 bits per heavy atom. The van der Waals surface area contributed by atoms with Gasteiger partial charge in [0.15, 0.2) is 5.70 Å². The maximum absolute atomic E-state index is 12.7. The number of rotatable bonds is 9. The number of nitrogens with two attached hydrogens (primary N) is 1. The summed E-state index contributed by atoms with van der Waals surface area (Å²) in [5.74, 6) is 0.300. The Bertz CT molecular complexity index is 840. The lowest BCUT2D eigenvalue weighted by molar-refractivity contribution is -0.114. The number of carbonyl (C=O) groups excluding carboxylic acids is 2. The fraction of sp³-hybridized carbons (Fsp3) is 0.150. The lowest BCUT2D eigenvalue weighted by Gasteiger charge is -2.10. The van der Waals surface area contributed by atoms with Gasteiger partial charge in [-0.25, -0.2) is 4.39 Å². The summed E-state index contributed by atoms with van der Waals surface area (Å²) in [5, 5.41) is 6.43. The van der Waals surface area contributed by atoms with Gasteiger partial charge >= 0.3 is 0 Å². The molecular formula is C20H23FN4O3S. The number of amides is 1. The summed E-state index contributed by atoms with van der Waals surface area (Å²) >= 11 is 1.31. The minimum absolute atomic E-state index is 0.0911. The molecule has 0 aliphatic rings. The number of aldehydes is 1. The molecule has 0 radical (unpaired) electrons. The zero-order chi connectivity index (χ0) is 21.6. The number of ether oxygens (including phenoxy) is 1. The lowest BCUT2D eigenvalue weighted by Crippen LogP contribution is -2.19. The summed E-state index contributed by atoms with van der Waals surface area (Å²) in [4.78, 5) is 24.9. The molecule has 7 nitrogen and oxygen atoms in total. The molecule has 4 N–H and O–H groups in total. The molecule has 0 bridgehead atoms. The van der Waals surface area contributed by atoms with Crippen LogP contribution >= 0.6 is 11.8 Å². The second kappa shape index (κ2) is 12.9. The van der Waals surface area contributed by atoms with Gasteiger partial charge in [0, 0.05) is 18.3 Å². The van der Waals surface area contributed by atoms with E-state index in [0.717, 1.165) is 17.7 Å². The first-order valence-electron chi connectivity index (χ1n) is 8.35. The molecule has 2 aromatic rings. The fourth-order valence-corrected chi connectivity index (χ4v) is 2.79. The van der Waals surface area contributed by atoms with Crippen LogP contribution in [0.1, 0.15) is 10.4 Å². The van der Waals surface area contributed by atoms with E-state index in [4.69, 9.17) is 10.5 Å². The number of hydrogen-bond acceptors (Lipinski definition) is 7. The summed E-state index contributed by atoms with van der Waals surface area (Å²) < 4.78 is 17.6. The summed E-state index contributed by atoms with van der Waals surface area (Å²) in [6.45, 7) is 3.30. The molecule has 9 heteroatoms. The molecule has 1 amide bonds. The van der Waals surface area contributed by atoms with Crippen LogP contribution in [0.3, 0.4) is 0 Å². The van der Waals surface area contributed by atoms with Crippen molar-refractivity contribution in [2.24, 2.45) is 10.7 Å². The molecule has 0 fully saturated rings. The van der Waals surface area contributed by atoms with Crippen molar-refractivity contribution in [3.05, 3.63) is 70.6 Å². The van der Waals surface area contributed by atoms with E-state index in [1.165, 1.54) is 23.9 Å². The summed E-state index contributed by atoms with van der Waals surface area (Å²) in [5.41, 5.74) is 6.71. The quantitative estimate of drug-likeness (QED) is 0.250. The Morgan fingerprint density at radius 1 is 1.24 bits per heavy atom. The monoisotopic (exact) mass is 418 g/mol.